The van der Waals surface area contributed by atoms with Gasteiger partial charge in [-0.1, -0.05) is 0 Å². The van der Waals surface area contributed by atoms with Crippen LogP contribution in [0.2, 0.25) is 0 Å². The van der Waals surface area contributed by atoms with Gasteiger partial charge in [-0.05, 0) is 31.5 Å². The molecule has 1 amide bonds. The van der Waals surface area contributed by atoms with Gasteiger partial charge >= 0.3 is 0 Å². The average Bonchev–Trinajstić information content (AvgIpc) is 3.07. The molecule has 0 saturated heterocycles. The first kappa shape index (κ1) is 20.8. The van der Waals surface area contributed by atoms with Gasteiger partial charge in [0.15, 0.2) is 0 Å². The molecule has 0 aliphatic carbocycles. The summed E-state index contributed by atoms with van der Waals surface area (Å²) in [5.74, 6) is 0.764. The number of thiophene rings is 1. The predicted octanol–water partition coefficient (Wildman–Crippen LogP) is 3.07. The molecular formula is C20H23N3O5S. The molecule has 8 nitrogen and oxygen atoms in total. The van der Waals surface area contributed by atoms with Gasteiger partial charge < -0.3 is 19.5 Å². The van der Waals surface area contributed by atoms with Gasteiger partial charge in [0.1, 0.15) is 16.3 Å². The van der Waals surface area contributed by atoms with Crippen LogP contribution in [0.15, 0.2) is 29.3 Å². The van der Waals surface area contributed by atoms with Gasteiger partial charge in [-0.15, -0.1) is 11.3 Å². The van der Waals surface area contributed by atoms with E-state index in [-0.39, 0.29) is 11.5 Å². The van der Waals surface area contributed by atoms with Crippen LogP contribution in [-0.4, -0.2) is 42.9 Å². The standard InChI is InChI=1S/C20H23N3O5S/c1-5-28-9-8-23-11-21-19-16(20(23)25)12(2)17(29-19)18(24)22-14-10-13(26-3)6-7-15(14)27-4/h6-7,10-11H,5,8-9H2,1-4H3,(H,22,24). The number of hydrogen-bond acceptors (Lipinski definition) is 7. The first-order valence-corrected chi connectivity index (χ1v) is 9.91. The number of methoxy groups -OCH3 is 2. The van der Waals surface area contributed by atoms with Crippen LogP contribution in [0, 0.1) is 6.92 Å². The molecule has 0 aliphatic rings. The van der Waals surface area contributed by atoms with E-state index in [9.17, 15) is 9.59 Å². The zero-order valence-electron chi connectivity index (χ0n) is 16.8. The summed E-state index contributed by atoms with van der Waals surface area (Å²) in [5, 5.41) is 3.30. The summed E-state index contributed by atoms with van der Waals surface area (Å²) in [6, 6.07) is 5.14. The third kappa shape index (κ3) is 4.25. The molecule has 2 aromatic heterocycles. The summed E-state index contributed by atoms with van der Waals surface area (Å²) in [7, 11) is 3.07. The summed E-state index contributed by atoms with van der Waals surface area (Å²) in [5.41, 5.74) is 0.907. The van der Waals surface area contributed by atoms with Gasteiger partial charge in [-0.3, -0.25) is 14.2 Å². The van der Waals surface area contributed by atoms with Crippen molar-refractivity contribution in [3.63, 3.8) is 0 Å². The second-order valence-corrected chi connectivity index (χ2v) is 7.20. The number of rotatable bonds is 8. The van der Waals surface area contributed by atoms with Crippen molar-refractivity contribution in [2.24, 2.45) is 0 Å². The highest BCUT2D eigenvalue weighted by molar-refractivity contribution is 7.20. The van der Waals surface area contributed by atoms with Gasteiger partial charge in [0.25, 0.3) is 11.5 Å². The van der Waals surface area contributed by atoms with Crippen LogP contribution >= 0.6 is 11.3 Å². The van der Waals surface area contributed by atoms with E-state index in [1.807, 2.05) is 6.92 Å². The Morgan fingerprint density at radius 1 is 1.28 bits per heavy atom. The maximum atomic E-state index is 12.9. The van der Waals surface area contributed by atoms with Crippen molar-refractivity contribution < 1.29 is 19.0 Å². The van der Waals surface area contributed by atoms with E-state index in [2.05, 4.69) is 10.3 Å². The van der Waals surface area contributed by atoms with Crippen LogP contribution in [0.4, 0.5) is 5.69 Å². The normalized spacial score (nSPS) is 10.9. The van der Waals surface area contributed by atoms with E-state index in [0.29, 0.717) is 57.6 Å². The second-order valence-electron chi connectivity index (χ2n) is 6.20. The molecule has 0 radical (unpaired) electrons. The SMILES string of the molecule is CCOCCn1cnc2sc(C(=O)Nc3cc(OC)ccc3OC)c(C)c2c1=O. The number of anilines is 1. The van der Waals surface area contributed by atoms with Crippen molar-refractivity contribution in [2.75, 3.05) is 32.8 Å². The maximum Gasteiger partial charge on any atom is 0.266 e. The molecule has 1 aromatic carbocycles. The van der Waals surface area contributed by atoms with Crippen LogP contribution in [0.25, 0.3) is 10.2 Å². The molecule has 154 valence electrons. The number of nitrogens with one attached hydrogen (secondary N) is 1. The molecule has 0 atom stereocenters. The molecule has 3 rings (SSSR count). The highest BCUT2D eigenvalue weighted by Crippen LogP contribution is 2.32. The Morgan fingerprint density at radius 2 is 2.07 bits per heavy atom. The lowest BCUT2D eigenvalue weighted by molar-refractivity contribution is 0.102. The van der Waals surface area contributed by atoms with E-state index in [1.165, 1.54) is 29.3 Å². The number of aromatic nitrogens is 2. The predicted molar refractivity (Wildman–Crippen MR) is 113 cm³/mol. The van der Waals surface area contributed by atoms with E-state index < -0.39 is 0 Å². The molecule has 1 N–H and O–H groups in total. The summed E-state index contributed by atoms with van der Waals surface area (Å²) in [4.78, 5) is 31.1. The number of fused-ring (bicyclic) bond motifs is 1. The maximum absolute atomic E-state index is 12.9. The Balaban J connectivity index is 1.94. The molecule has 0 saturated carbocycles. The van der Waals surface area contributed by atoms with Crippen LogP contribution in [0.1, 0.15) is 22.2 Å². The van der Waals surface area contributed by atoms with Crippen molar-refractivity contribution in [1.29, 1.82) is 0 Å². The van der Waals surface area contributed by atoms with E-state index in [4.69, 9.17) is 14.2 Å². The molecule has 0 unspecified atom stereocenters. The van der Waals surface area contributed by atoms with Crippen molar-refractivity contribution in [2.45, 2.75) is 20.4 Å². The van der Waals surface area contributed by atoms with Crippen molar-refractivity contribution in [1.82, 2.24) is 9.55 Å². The Bertz CT molecular complexity index is 1090. The zero-order valence-corrected chi connectivity index (χ0v) is 17.6. The van der Waals surface area contributed by atoms with Gasteiger partial charge in [0.2, 0.25) is 0 Å². The number of amides is 1. The summed E-state index contributed by atoms with van der Waals surface area (Å²) in [6.07, 6.45) is 1.49. The Hall–Kier alpha value is -2.91. The fourth-order valence-corrected chi connectivity index (χ4v) is 3.97. The minimum absolute atomic E-state index is 0.179. The number of ether oxygens (including phenoxy) is 3. The second kappa shape index (κ2) is 9.06. The summed E-state index contributed by atoms with van der Waals surface area (Å²) < 4.78 is 17.3. The monoisotopic (exact) mass is 417 g/mol. The fourth-order valence-electron chi connectivity index (χ4n) is 2.93. The van der Waals surface area contributed by atoms with E-state index >= 15 is 0 Å². The lowest BCUT2D eigenvalue weighted by Gasteiger charge is -2.11. The molecule has 0 fully saturated rings. The smallest absolute Gasteiger partial charge is 0.266 e. The third-order valence-corrected chi connectivity index (χ3v) is 5.66. The number of nitrogens with zero attached hydrogens (tertiary/aromatic N) is 2. The molecule has 2 heterocycles. The van der Waals surface area contributed by atoms with Crippen molar-refractivity contribution >= 4 is 33.1 Å². The molecule has 3 aromatic rings. The molecule has 0 spiro atoms. The van der Waals surface area contributed by atoms with E-state index in [1.54, 1.807) is 32.2 Å². The summed E-state index contributed by atoms with van der Waals surface area (Å²) >= 11 is 1.19. The van der Waals surface area contributed by atoms with Gasteiger partial charge in [0.05, 0.1) is 49.6 Å². The highest BCUT2D eigenvalue weighted by Gasteiger charge is 2.20. The molecule has 0 aliphatic heterocycles. The first-order valence-electron chi connectivity index (χ1n) is 9.09. The average molecular weight is 417 g/mol. The molecule has 0 bridgehead atoms. The van der Waals surface area contributed by atoms with Crippen LogP contribution in [0.3, 0.4) is 0 Å². The topological polar surface area (TPSA) is 91.7 Å². The number of carbonyl (C=O) groups is 1. The Labute approximate surface area is 172 Å². The fraction of sp³-hybridized carbons (Fsp3) is 0.350. The lowest BCUT2D eigenvalue weighted by atomic mass is 10.2. The van der Waals surface area contributed by atoms with Crippen LogP contribution in [-0.2, 0) is 11.3 Å². The molecule has 9 heteroatoms. The van der Waals surface area contributed by atoms with Crippen molar-refractivity contribution in [3.05, 3.63) is 45.3 Å². The van der Waals surface area contributed by atoms with Crippen LogP contribution < -0.4 is 20.3 Å². The number of benzene rings is 1. The largest absolute Gasteiger partial charge is 0.497 e. The van der Waals surface area contributed by atoms with Gasteiger partial charge in [-0.2, -0.15) is 0 Å². The highest BCUT2D eigenvalue weighted by atomic mass is 32.1. The molecule has 29 heavy (non-hydrogen) atoms. The number of carbonyl (C=O) groups excluding carboxylic acids is 1. The Morgan fingerprint density at radius 3 is 2.76 bits per heavy atom. The van der Waals surface area contributed by atoms with Crippen molar-refractivity contribution in [3.8, 4) is 11.5 Å². The Kier molecular flexibility index (Phi) is 6.50. The van der Waals surface area contributed by atoms with E-state index in [0.717, 1.165) is 0 Å². The minimum Gasteiger partial charge on any atom is -0.497 e. The van der Waals surface area contributed by atoms with Gasteiger partial charge in [0, 0.05) is 12.7 Å². The number of aryl methyl sites for hydroxylation is 1. The van der Waals surface area contributed by atoms with Crippen LogP contribution in [0.5, 0.6) is 11.5 Å². The quantitative estimate of drug-likeness (QED) is 0.567. The minimum atomic E-state index is -0.336. The lowest BCUT2D eigenvalue weighted by Crippen LogP contribution is -2.23. The third-order valence-electron chi connectivity index (χ3n) is 4.46. The molecular weight excluding hydrogens is 394 g/mol. The number of hydrogen-bond donors (Lipinski definition) is 1. The van der Waals surface area contributed by atoms with Gasteiger partial charge in [-0.25, -0.2) is 4.98 Å². The summed E-state index contributed by atoms with van der Waals surface area (Å²) in [6.45, 7) is 5.07. The first-order chi connectivity index (χ1) is 14.0. The zero-order chi connectivity index (χ0) is 21.0.